The molecule has 1 rings (SSSR count). The average Bonchev–Trinajstić information content (AvgIpc) is 2.72. The SMILES string of the molecule is CCCn1ccnc1CNC(C)COCC. The maximum absolute atomic E-state index is 5.35. The first-order valence-corrected chi connectivity index (χ1v) is 6.09. The van der Waals surface area contributed by atoms with Gasteiger partial charge in [0.2, 0.25) is 0 Å². The number of aromatic nitrogens is 2. The van der Waals surface area contributed by atoms with Crippen molar-refractivity contribution in [2.24, 2.45) is 0 Å². The third-order valence-electron chi connectivity index (χ3n) is 2.45. The van der Waals surface area contributed by atoms with Gasteiger partial charge in [-0.2, -0.15) is 0 Å². The fourth-order valence-electron chi connectivity index (χ4n) is 1.57. The Balaban J connectivity index is 2.32. The number of aryl methyl sites for hydroxylation is 1. The molecule has 1 N–H and O–H groups in total. The van der Waals surface area contributed by atoms with Gasteiger partial charge in [0.15, 0.2) is 0 Å². The van der Waals surface area contributed by atoms with E-state index in [0.717, 1.165) is 38.5 Å². The minimum atomic E-state index is 0.367. The number of nitrogens with zero attached hydrogens (tertiary/aromatic N) is 2. The van der Waals surface area contributed by atoms with Crippen LogP contribution in [-0.4, -0.2) is 28.8 Å². The maximum atomic E-state index is 5.35. The molecule has 0 aliphatic rings. The molecular weight excluding hydrogens is 202 g/mol. The third-order valence-corrected chi connectivity index (χ3v) is 2.45. The Labute approximate surface area is 98.0 Å². The van der Waals surface area contributed by atoms with Crippen LogP contribution in [0.1, 0.15) is 33.0 Å². The fourth-order valence-corrected chi connectivity index (χ4v) is 1.57. The lowest BCUT2D eigenvalue weighted by molar-refractivity contribution is 0.126. The summed E-state index contributed by atoms with van der Waals surface area (Å²) in [5, 5.41) is 3.41. The van der Waals surface area contributed by atoms with Crippen LogP contribution in [0.25, 0.3) is 0 Å². The molecule has 0 radical (unpaired) electrons. The largest absolute Gasteiger partial charge is 0.380 e. The van der Waals surface area contributed by atoms with Gasteiger partial charge in [-0.15, -0.1) is 0 Å². The Morgan fingerprint density at radius 2 is 2.31 bits per heavy atom. The van der Waals surface area contributed by atoms with E-state index in [9.17, 15) is 0 Å². The van der Waals surface area contributed by atoms with E-state index < -0.39 is 0 Å². The highest BCUT2D eigenvalue weighted by Crippen LogP contribution is 1.99. The van der Waals surface area contributed by atoms with Crippen LogP contribution < -0.4 is 5.32 Å². The van der Waals surface area contributed by atoms with Crippen LogP contribution in [0.5, 0.6) is 0 Å². The summed E-state index contributed by atoms with van der Waals surface area (Å²) in [6, 6.07) is 0.367. The molecule has 1 aromatic rings. The minimum absolute atomic E-state index is 0.367. The zero-order valence-corrected chi connectivity index (χ0v) is 10.6. The van der Waals surface area contributed by atoms with Gasteiger partial charge in [0, 0.05) is 31.6 Å². The molecule has 0 amide bonds. The summed E-state index contributed by atoms with van der Waals surface area (Å²) < 4.78 is 7.55. The van der Waals surface area contributed by atoms with Crippen LogP contribution in [-0.2, 0) is 17.8 Å². The first-order chi connectivity index (χ1) is 7.77. The molecule has 1 heterocycles. The molecule has 92 valence electrons. The molecule has 0 bridgehead atoms. The van der Waals surface area contributed by atoms with Gasteiger partial charge in [0.1, 0.15) is 5.82 Å². The lowest BCUT2D eigenvalue weighted by atomic mass is 10.3. The maximum Gasteiger partial charge on any atom is 0.122 e. The number of nitrogens with one attached hydrogen (secondary N) is 1. The minimum Gasteiger partial charge on any atom is -0.380 e. The molecule has 0 spiro atoms. The number of rotatable bonds is 8. The first-order valence-electron chi connectivity index (χ1n) is 6.09. The van der Waals surface area contributed by atoms with Crippen LogP contribution >= 0.6 is 0 Å². The number of ether oxygens (including phenoxy) is 1. The van der Waals surface area contributed by atoms with Crippen molar-refractivity contribution in [2.45, 2.75) is 46.3 Å². The van der Waals surface area contributed by atoms with E-state index in [1.54, 1.807) is 0 Å². The second-order valence-electron chi connectivity index (χ2n) is 3.98. The van der Waals surface area contributed by atoms with Crippen molar-refractivity contribution in [1.29, 1.82) is 0 Å². The lowest BCUT2D eigenvalue weighted by Crippen LogP contribution is -2.31. The molecule has 0 aromatic carbocycles. The van der Waals surface area contributed by atoms with Crippen LogP contribution in [0.4, 0.5) is 0 Å². The van der Waals surface area contributed by atoms with E-state index in [2.05, 4.69) is 28.7 Å². The highest BCUT2D eigenvalue weighted by Gasteiger charge is 2.05. The number of imidazole rings is 1. The van der Waals surface area contributed by atoms with Gasteiger partial charge >= 0.3 is 0 Å². The van der Waals surface area contributed by atoms with E-state index in [1.165, 1.54) is 0 Å². The van der Waals surface area contributed by atoms with E-state index in [0.29, 0.717) is 6.04 Å². The predicted octanol–water partition coefficient (Wildman–Crippen LogP) is 1.81. The zero-order chi connectivity index (χ0) is 11.8. The highest BCUT2D eigenvalue weighted by molar-refractivity contribution is 4.92. The summed E-state index contributed by atoms with van der Waals surface area (Å²) >= 11 is 0. The molecule has 0 aliphatic carbocycles. The predicted molar refractivity (Wildman–Crippen MR) is 65.3 cm³/mol. The van der Waals surface area contributed by atoms with Crippen molar-refractivity contribution >= 4 is 0 Å². The smallest absolute Gasteiger partial charge is 0.122 e. The Kier molecular flexibility index (Phi) is 6.11. The topological polar surface area (TPSA) is 39.1 Å². The fraction of sp³-hybridized carbons (Fsp3) is 0.750. The third kappa shape index (κ3) is 4.33. The molecule has 0 saturated heterocycles. The normalized spacial score (nSPS) is 12.9. The molecule has 1 atom stereocenters. The monoisotopic (exact) mass is 225 g/mol. The van der Waals surface area contributed by atoms with Gasteiger partial charge in [-0.25, -0.2) is 4.98 Å². The van der Waals surface area contributed by atoms with E-state index in [-0.39, 0.29) is 0 Å². The summed E-state index contributed by atoms with van der Waals surface area (Å²) in [6.45, 7) is 9.69. The molecule has 4 heteroatoms. The van der Waals surface area contributed by atoms with Crippen LogP contribution in [0.15, 0.2) is 12.4 Å². The Hall–Kier alpha value is -0.870. The summed E-state index contributed by atoms with van der Waals surface area (Å²) in [5.41, 5.74) is 0. The van der Waals surface area contributed by atoms with Gasteiger partial charge in [0.05, 0.1) is 13.2 Å². The van der Waals surface area contributed by atoms with Gasteiger partial charge < -0.3 is 14.6 Å². The Morgan fingerprint density at radius 3 is 3.00 bits per heavy atom. The number of hydrogen-bond donors (Lipinski definition) is 1. The van der Waals surface area contributed by atoms with E-state index in [1.807, 2.05) is 19.3 Å². The second-order valence-corrected chi connectivity index (χ2v) is 3.98. The van der Waals surface area contributed by atoms with E-state index in [4.69, 9.17) is 4.74 Å². The summed E-state index contributed by atoms with van der Waals surface area (Å²) in [7, 11) is 0. The molecule has 1 unspecified atom stereocenters. The molecule has 0 aliphatic heterocycles. The molecule has 0 fully saturated rings. The van der Waals surface area contributed by atoms with Gasteiger partial charge in [-0.1, -0.05) is 6.92 Å². The average molecular weight is 225 g/mol. The molecule has 0 saturated carbocycles. The van der Waals surface area contributed by atoms with E-state index >= 15 is 0 Å². The van der Waals surface area contributed by atoms with Crippen molar-refractivity contribution in [1.82, 2.24) is 14.9 Å². The summed E-state index contributed by atoms with van der Waals surface area (Å²) in [4.78, 5) is 4.35. The summed E-state index contributed by atoms with van der Waals surface area (Å²) in [6.07, 6.45) is 5.03. The first kappa shape index (κ1) is 13.2. The van der Waals surface area contributed by atoms with Crippen LogP contribution in [0.2, 0.25) is 0 Å². The van der Waals surface area contributed by atoms with Crippen molar-refractivity contribution in [3.63, 3.8) is 0 Å². The molecular formula is C12H23N3O. The molecule has 16 heavy (non-hydrogen) atoms. The molecule has 4 nitrogen and oxygen atoms in total. The van der Waals surface area contributed by atoms with Crippen LogP contribution in [0.3, 0.4) is 0 Å². The zero-order valence-electron chi connectivity index (χ0n) is 10.6. The second kappa shape index (κ2) is 7.41. The van der Waals surface area contributed by atoms with Gasteiger partial charge in [-0.3, -0.25) is 0 Å². The highest BCUT2D eigenvalue weighted by atomic mass is 16.5. The summed E-state index contributed by atoms with van der Waals surface area (Å²) in [5.74, 6) is 1.10. The molecule has 1 aromatic heterocycles. The standard InChI is InChI=1S/C12H23N3O/c1-4-7-15-8-6-13-12(15)9-14-11(3)10-16-5-2/h6,8,11,14H,4-5,7,9-10H2,1-3H3. The van der Waals surface area contributed by atoms with Gasteiger partial charge in [-0.05, 0) is 20.3 Å². The quantitative estimate of drug-likeness (QED) is 0.733. The lowest BCUT2D eigenvalue weighted by Gasteiger charge is -2.14. The van der Waals surface area contributed by atoms with Crippen LogP contribution in [0, 0.1) is 0 Å². The number of hydrogen-bond acceptors (Lipinski definition) is 3. The van der Waals surface area contributed by atoms with Crippen molar-refractivity contribution < 1.29 is 4.74 Å². The van der Waals surface area contributed by atoms with Crippen molar-refractivity contribution in [3.05, 3.63) is 18.2 Å². The Morgan fingerprint density at radius 1 is 1.50 bits per heavy atom. The van der Waals surface area contributed by atoms with Crippen molar-refractivity contribution in [3.8, 4) is 0 Å². The Bertz CT molecular complexity index is 286. The van der Waals surface area contributed by atoms with Gasteiger partial charge in [0.25, 0.3) is 0 Å². The van der Waals surface area contributed by atoms with Crippen molar-refractivity contribution in [2.75, 3.05) is 13.2 Å².